The maximum Gasteiger partial charge on any atom is 0.326 e. The first-order chi connectivity index (χ1) is 12.5. The van der Waals surface area contributed by atoms with Crippen molar-refractivity contribution in [2.45, 2.75) is 51.9 Å². The van der Waals surface area contributed by atoms with Gasteiger partial charge in [0.05, 0.1) is 6.61 Å². The number of nitrogens with two attached hydrogens (primary N) is 1. The van der Waals surface area contributed by atoms with Crippen molar-refractivity contribution in [2.24, 2.45) is 17.6 Å². The van der Waals surface area contributed by atoms with Gasteiger partial charge in [0.1, 0.15) is 24.2 Å². The lowest BCUT2D eigenvalue weighted by Gasteiger charge is -2.27. The first-order valence-electron chi connectivity index (χ1n) is 8.57. The van der Waals surface area contributed by atoms with E-state index in [-0.39, 0.29) is 17.6 Å². The summed E-state index contributed by atoms with van der Waals surface area (Å²) in [6.07, 6.45) is 0. The molecule has 0 aromatic carbocycles. The third kappa shape index (κ3) is 8.14. The summed E-state index contributed by atoms with van der Waals surface area (Å²) in [6, 6.07) is -4.37. The summed E-state index contributed by atoms with van der Waals surface area (Å²) in [7, 11) is 0. The number of hydrogen-bond acceptors (Lipinski definition) is 7. The van der Waals surface area contributed by atoms with Crippen molar-refractivity contribution in [3.63, 3.8) is 0 Å². The molecule has 0 rings (SSSR count). The Bertz CT molecular complexity index is 543. The average molecular weight is 407 g/mol. The van der Waals surface area contributed by atoms with Crippen LogP contribution in [-0.4, -0.2) is 70.4 Å². The van der Waals surface area contributed by atoms with Gasteiger partial charge < -0.3 is 31.9 Å². The highest BCUT2D eigenvalue weighted by Gasteiger charge is 2.32. The third-order valence-corrected chi connectivity index (χ3v) is 4.19. The lowest BCUT2D eigenvalue weighted by atomic mass is 10.00. The van der Waals surface area contributed by atoms with Crippen LogP contribution in [0.25, 0.3) is 0 Å². The first-order valence-corrected chi connectivity index (χ1v) is 9.20. The summed E-state index contributed by atoms with van der Waals surface area (Å²) >= 11 is 4.01. The van der Waals surface area contributed by atoms with E-state index in [0.29, 0.717) is 0 Å². The molecular weight excluding hydrogens is 376 g/mol. The normalized spacial score (nSPS) is 15.6. The molecule has 0 aromatic rings. The number of carboxylic acids is 1. The highest BCUT2D eigenvalue weighted by Crippen LogP contribution is 2.07. The molecule has 0 saturated heterocycles. The number of aliphatic carboxylic acids is 1. The van der Waals surface area contributed by atoms with Crippen molar-refractivity contribution in [1.82, 2.24) is 16.0 Å². The van der Waals surface area contributed by atoms with Crippen molar-refractivity contribution in [2.75, 3.05) is 12.4 Å². The van der Waals surface area contributed by atoms with E-state index in [2.05, 4.69) is 28.6 Å². The number of aliphatic hydroxyl groups is 1. The number of amides is 3. The summed E-state index contributed by atoms with van der Waals surface area (Å²) in [5, 5.41) is 25.3. The van der Waals surface area contributed by atoms with Gasteiger partial charge in [-0.2, -0.15) is 12.6 Å². The number of rotatable bonds is 11. The Balaban J connectivity index is 5.16. The number of carbonyl (C=O) groups excluding carboxylic acids is 3. The minimum Gasteiger partial charge on any atom is -0.480 e. The molecule has 4 unspecified atom stereocenters. The molecule has 0 fully saturated rings. The molecule has 0 saturated carbocycles. The third-order valence-electron chi connectivity index (χ3n) is 3.83. The summed E-state index contributed by atoms with van der Waals surface area (Å²) in [5.41, 5.74) is 5.39. The lowest BCUT2D eigenvalue weighted by Crippen LogP contribution is -2.59. The van der Waals surface area contributed by atoms with Crippen LogP contribution in [0.3, 0.4) is 0 Å². The second kappa shape index (κ2) is 11.8. The lowest BCUT2D eigenvalue weighted by molar-refractivity contribution is -0.143. The fourth-order valence-electron chi connectivity index (χ4n) is 2.10. The second-order valence-corrected chi connectivity index (χ2v) is 7.20. The standard InChI is InChI=1S/C16H30N4O6S/c1-7(2)11(15(24)20-12(8(3)4)16(25)26)19-14(23)10(6-27)18-13(22)9(17)5-21/h7-12,21,27H,5-6,17H2,1-4H3,(H,18,22)(H,19,23)(H,20,24)(H,25,26). The van der Waals surface area contributed by atoms with Crippen molar-refractivity contribution in [3.05, 3.63) is 0 Å². The van der Waals surface area contributed by atoms with E-state index in [1.54, 1.807) is 27.7 Å². The number of carbonyl (C=O) groups is 4. The van der Waals surface area contributed by atoms with Gasteiger partial charge in [0.25, 0.3) is 0 Å². The monoisotopic (exact) mass is 406 g/mol. The zero-order chi connectivity index (χ0) is 21.3. The Morgan fingerprint density at radius 3 is 1.74 bits per heavy atom. The molecule has 0 spiro atoms. The number of hydrogen-bond donors (Lipinski definition) is 7. The molecular formula is C16H30N4O6S. The molecule has 0 aromatic heterocycles. The van der Waals surface area contributed by atoms with Gasteiger partial charge in [0.2, 0.25) is 17.7 Å². The molecule has 0 radical (unpaired) electrons. The van der Waals surface area contributed by atoms with Crippen LogP contribution in [0.4, 0.5) is 0 Å². The van der Waals surface area contributed by atoms with E-state index in [0.717, 1.165) is 0 Å². The molecule has 10 nitrogen and oxygen atoms in total. The van der Waals surface area contributed by atoms with E-state index in [4.69, 9.17) is 10.8 Å². The van der Waals surface area contributed by atoms with E-state index in [9.17, 15) is 24.3 Å². The Morgan fingerprint density at radius 2 is 1.37 bits per heavy atom. The minimum absolute atomic E-state index is 0.0636. The van der Waals surface area contributed by atoms with Crippen LogP contribution in [0.2, 0.25) is 0 Å². The Labute approximate surface area is 164 Å². The molecule has 0 bridgehead atoms. The van der Waals surface area contributed by atoms with Crippen LogP contribution in [-0.2, 0) is 19.2 Å². The zero-order valence-corrected chi connectivity index (χ0v) is 16.8. The van der Waals surface area contributed by atoms with Crippen molar-refractivity contribution >= 4 is 36.3 Å². The quantitative estimate of drug-likeness (QED) is 0.196. The molecule has 0 aliphatic carbocycles. The highest BCUT2D eigenvalue weighted by atomic mass is 32.1. The molecule has 27 heavy (non-hydrogen) atoms. The molecule has 0 heterocycles. The molecule has 0 aliphatic heterocycles. The number of nitrogens with one attached hydrogen (secondary N) is 3. The van der Waals surface area contributed by atoms with Crippen molar-refractivity contribution in [1.29, 1.82) is 0 Å². The van der Waals surface area contributed by atoms with Gasteiger partial charge in [0.15, 0.2) is 0 Å². The second-order valence-electron chi connectivity index (χ2n) is 6.83. The largest absolute Gasteiger partial charge is 0.480 e. The molecule has 11 heteroatoms. The van der Waals surface area contributed by atoms with Crippen LogP contribution in [0.15, 0.2) is 0 Å². The van der Waals surface area contributed by atoms with Crippen molar-refractivity contribution < 1.29 is 29.4 Å². The number of aliphatic hydroxyl groups excluding tert-OH is 1. The predicted molar refractivity (Wildman–Crippen MR) is 102 cm³/mol. The Hall–Kier alpha value is -1.85. The average Bonchev–Trinajstić information content (AvgIpc) is 2.59. The molecule has 156 valence electrons. The SMILES string of the molecule is CC(C)C(NC(=O)C(NC(=O)C(CS)NC(=O)C(N)CO)C(C)C)C(=O)O. The smallest absolute Gasteiger partial charge is 0.326 e. The molecule has 0 aliphatic rings. The maximum atomic E-state index is 12.5. The van der Waals surface area contributed by atoms with E-state index in [1.807, 2.05) is 0 Å². The predicted octanol–water partition coefficient (Wildman–Crippen LogP) is -1.91. The van der Waals surface area contributed by atoms with Gasteiger partial charge in [-0.05, 0) is 11.8 Å². The summed E-state index contributed by atoms with van der Waals surface area (Å²) in [5.74, 6) is -3.98. The van der Waals surface area contributed by atoms with Crippen LogP contribution >= 0.6 is 12.6 Å². The van der Waals surface area contributed by atoms with Crippen LogP contribution in [0.5, 0.6) is 0 Å². The van der Waals surface area contributed by atoms with E-state index in [1.165, 1.54) is 0 Å². The molecule has 3 amide bonds. The number of carboxylic acid groups (broad SMARTS) is 1. The van der Waals surface area contributed by atoms with Crippen LogP contribution in [0.1, 0.15) is 27.7 Å². The topological polar surface area (TPSA) is 171 Å². The maximum absolute atomic E-state index is 12.5. The molecule has 7 N–H and O–H groups in total. The van der Waals surface area contributed by atoms with Crippen LogP contribution in [0, 0.1) is 11.8 Å². The van der Waals surface area contributed by atoms with Gasteiger partial charge in [-0.15, -0.1) is 0 Å². The summed E-state index contributed by atoms with van der Waals surface area (Å²) in [6.45, 7) is 6.09. The number of thiol groups is 1. The van der Waals surface area contributed by atoms with Gasteiger partial charge in [-0.3, -0.25) is 14.4 Å². The highest BCUT2D eigenvalue weighted by molar-refractivity contribution is 7.80. The van der Waals surface area contributed by atoms with Gasteiger partial charge in [0, 0.05) is 5.75 Å². The summed E-state index contributed by atoms with van der Waals surface area (Å²) < 4.78 is 0. The Kier molecular flexibility index (Phi) is 11.0. The van der Waals surface area contributed by atoms with Crippen molar-refractivity contribution in [3.8, 4) is 0 Å². The summed E-state index contributed by atoms with van der Waals surface area (Å²) in [4.78, 5) is 47.9. The fraction of sp³-hybridized carbons (Fsp3) is 0.750. The van der Waals surface area contributed by atoms with Gasteiger partial charge in [-0.1, -0.05) is 27.7 Å². The fourth-order valence-corrected chi connectivity index (χ4v) is 2.36. The molecule has 4 atom stereocenters. The Morgan fingerprint density at radius 1 is 0.889 bits per heavy atom. The van der Waals surface area contributed by atoms with E-state index < -0.39 is 54.5 Å². The van der Waals surface area contributed by atoms with Gasteiger partial charge >= 0.3 is 5.97 Å². The zero-order valence-electron chi connectivity index (χ0n) is 15.9. The van der Waals surface area contributed by atoms with Gasteiger partial charge in [-0.25, -0.2) is 4.79 Å². The first kappa shape index (κ1) is 25.1. The van der Waals surface area contributed by atoms with Crippen LogP contribution < -0.4 is 21.7 Å². The van der Waals surface area contributed by atoms with E-state index >= 15 is 0 Å². The minimum atomic E-state index is -1.19.